The molecule has 0 aromatic heterocycles. The summed E-state index contributed by atoms with van der Waals surface area (Å²) in [5.74, 6) is 0. The van der Waals surface area contributed by atoms with Crippen molar-refractivity contribution in [1.82, 2.24) is 5.32 Å². The van der Waals surface area contributed by atoms with Crippen molar-refractivity contribution in [2.24, 2.45) is 0 Å². The number of aliphatic hydroxyl groups is 1. The van der Waals surface area contributed by atoms with Crippen molar-refractivity contribution in [2.75, 3.05) is 26.9 Å². The zero-order chi connectivity index (χ0) is 15.1. The van der Waals surface area contributed by atoms with Gasteiger partial charge in [0.05, 0.1) is 25.4 Å². The van der Waals surface area contributed by atoms with Crippen LogP contribution in [-0.4, -0.2) is 50.2 Å². The fourth-order valence-corrected chi connectivity index (χ4v) is 2.79. The maximum absolute atomic E-state index is 9.96. The molecule has 118 valence electrons. The van der Waals surface area contributed by atoms with Crippen molar-refractivity contribution in [3.8, 4) is 0 Å². The fourth-order valence-electron chi connectivity index (χ4n) is 2.79. The molecule has 2 N–H and O–H groups in total. The molecule has 0 saturated heterocycles. The molecule has 0 bridgehead atoms. The average molecular weight is 293 g/mol. The van der Waals surface area contributed by atoms with E-state index in [2.05, 4.69) is 29.6 Å². The molecule has 3 atom stereocenters. The number of hydrogen-bond donors (Lipinski definition) is 2. The van der Waals surface area contributed by atoms with Crippen molar-refractivity contribution in [1.29, 1.82) is 0 Å². The molecule has 3 unspecified atom stereocenters. The summed E-state index contributed by atoms with van der Waals surface area (Å²) in [5.41, 5.74) is 2.90. The molecule has 1 aliphatic rings. The van der Waals surface area contributed by atoms with Gasteiger partial charge in [-0.25, -0.2) is 0 Å². The lowest BCUT2D eigenvalue weighted by molar-refractivity contribution is -0.0316. The molecule has 0 spiro atoms. The zero-order valence-corrected chi connectivity index (χ0v) is 13.0. The van der Waals surface area contributed by atoms with Crippen LogP contribution in [-0.2, 0) is 22.3 Å². The van der Waals surface area contributed by atoms with Crippen molar-refractivity contribution in [3.05, 3.63) is 35.4 Å². The quantitative estimate of drug-likeness (QED) is 0.763. The number of rotatable bonds is 8. The summed E-state index contributed by atoms with van der Waals surface area (Å²) in [6.07, 6.45) is 2.84. The van der Waals surface area contributed by atoms with E-state index in [0.717, 1.165) is 19.3 Å². The number of benzene rings is 1. The lowest BCUT2D eigenvalue weighted by atomic mass is 9.88. The molecule has 21 heavy (non-hydrogen) atoms. The summed E-state index contributed by atoms with van der Waals surface area (Å²) in [6, 6.07) is 9.07. The number of nitrogens with one attached hydrogen (secondary N) is 1. The summed E-state index contributed by atoms with van der Waals surface area (Å²) in [4.78, 5) is 0. The van der Waals surface area contributed by atoms with Gasteiger partial charge in [-0.1, -0.05) is 24.3 Å². The molecule has 0 amide bonds. The third-order valence-electron chi connectivity index (χ3n) is 3.96. The normalized spacial score (nSPS) is 20.8. The monoisotopic (exact) mass is 293 g/mol. The second kappa shape index (κ2) is 8.49. The summed E-state index contributed by atoms with van der Waals surface area (Å²) in [6.45, 7) is 3.43. The molecule has 1 aromatic rings. The highest BCUT2D eigenvalue weighted by atomic mass is 16.5. The minimum absolute atomic E-state index is 0.0196. The van der Waals surface area contributed by atoms with E-state index in [1.807, 2.05) is 6.92 Å². The lowest BCUT2D eigenvalue weighted by Gasteiger charge is -2.26. The Bertz CT molecular complexity index is 424. The Balaban J connectivity index is 1.67. The number of methoxy groups -OCH3 is 1. The van der Waals surface area contributed by atoms with Crippen molar-refractivity contribution < 1.29 is 14.6 Å². The molecule has 4 nitrogen and oxygen atoms in total. The molecule has 0 heterocycles. The lowest BCUT2D eigenvalue weighted by Crippen LogP contribution is -2.41. The van der Waals surface area contributed by atoms with E-state index in [1.54, 1.807) is 7.11 Å². The second-order valence-electron chi connectivity index (χ2n) is 5.87. The van der Waals surface area contributed by atoms with Crippen LogP contribution in [0.2, 0.25) is 0 Å². The van der Waals surface area contributed by atoms with Gasteiger partial charge in [0.25, 0.3) is 0 Å². The molecule has 0 saturated carbocycles. The molecule has 0 aliphatic heterocycles. The Morgan fingerprint density at radius 1 is 1.29 bits per heavy atom. The molecule has 0 radical (unpaired) electrons. The van der Waals surface area contributed by atoms with Crippen LogP contribution in [0, 0.1) is 0 Å². The molecular formula is C17H27NO3. The summed E-state index contributed by atoms with van der Waals surface area (Å²) >= 11 is 0. The van der Waals surface area contributed by atoms with Crippen LogP contribution in [0.25, 0.3) is 0 Å². The van der Waals surface area contributed by atoms with Gasteiger partial charge in [0, 0.05) is 19.7 Å². The largest absolute Gasteiger partial charge is 0.389 e. The maximum atomic E-state index is 9.96. The van der Waals surface area contributed by atoms with Crippen molar-refractivity contribution in [2.45, 2.75) is 44.4 Å². The van der Waals surface area contributed by atoms with Gasteiger partial charge >= 0.3 is 0 Å². The fraction of sp³-hybridized carbons (Fsp3) is 0.647. The number of hydrogen-bond acceptors (Lipinski definition) is 4. The highest BCUT2D eigenvalue weighted by molar-refractivity contribution is 5.30. The Labute approximate surface area is 127 Å². The first kappa shape index (κ1) is 16.4. The van der Waals surface area contributed by atoms with Crippen LogP contribution in [0.4, 0.5) is 0 Å². The van der Waals surface area contributed by atoms with E-state index < -0.39 is 6.10 Å². The first-order valence-corrected chi connectivity index (χ1v) is 7.77. The van der Waals surface area contributed by atoms with E-state index in [9.17, 15) is 5.11 Å². The van der Waals surface area contributed by atoms with E-state index in [0.29, 0.717) is 25.8 Å². The Kier molecular flexibility index (Phi) is 6.64. The molecular weight excluding hydrogens is 266 g/mol. The molecule has 0 fully saturated rings. The van der Waals surface area contributed by atoms with Gasteiger partial charge in [-0.3, -0.25) is 0 Å². The summed E-state index contributed by atoms with van der Waals surface area (Å²) in [7, 11) is 1.65. The zero-order valence-electron chi connectivity index (χ0n) is 13.0. The topological polar surface area (TPSA) is 50.7 Å². The van der Waals surface area contributed by atoms with Crippen LogP contribution < -0.4 is 5.32 Å². The Morgan fingerprint density at radius 3 is 2.81 bits per heavy atom. The third kappa shape index (κ3) is 5.40. The van der Waals surface area contributed by atoms with Crippen LogP contribution >= 0.6 is 0 Å². The van der Waals surface area contributed by atoms with Gasteiger partial charge in [-0.15, -0.1) is 0 Å². The highest BCUT2D eigenvalue weighted by Crippen LogP contribution is 2.20. The van der Waals surface area contributed by atoms with Crippen LogP contribution in [0.5, 0.6) is 0 Å². The predicted molar refractivity (Wildman–Crippen MR) is 83.6 cm³/mol. The number of ether oxygens (including phenoxy) is 2. The van der Waals surface area contributed by atoms with Gasteiger partial charge in [-0.05, 0) is 37.3 Å². The maximum Gasteiger partial charge on any atom is 0.0897 e. The molecule has 4 heteroatoms. The van der Waals surface area contributed by atoms with Crippen molar-refractivity contribution >= 4 is 0 Å². The summed E-state index contributed by atoms with van der Waals surface area (Å²) < 4.78 is 10.5. The smallest absolute Gasteiger partial charge is 0.0897 e. The number of fused-ring (bicyclic) bond motifs is 1. The Morgan fingerprint density at radius 2 is 2.05 bits per heavy atom. The average Bonchev–Trinajstić information content (AvgIpc) is 2.51. The van der Waals surface area contributed by atoms with Crippen LogP contribution in [0.1, 0.15) is 24.5 Å². The van der Waals surface area contributed by atoms with Gasteiger partial charge in [0.2, 0.25) is 0 Å². The van der Waals surface area contributed by atoms with Gasteiger partial charge in [0.15, 0.2) is 0 Å². The Hall–Kier alpha value is -0.940. The van der Waals surface area contributed by atoms with Crippen LogP contribution in [0.15, 0.2) is 24.3 Å². The standard InChI is InChI=1S/C17H27NO3/c1-13(11-20-2)21-12-17(19)10-18-16-8-7-14-5-3-4-6-15(14)9-16/h3-6,13,16-19H,7-12H2,1-2H3. The van der Waals surface area contributed by atoms with Crippen molar-refractivity contribution in [3.63, 3.8) is 0 Å². The summed E-state index contributed by atoms with van der Waals surface area (Å²) in [5, 5.41) is 13.4. The molecule has 2 rings (SSSR count). The first-order chi connectivity index (χ1) is 10.2. The van der Waals surface area contributed by atoms with Gasteiger partial charge in [-0.2, -0.15) is 0 Å². The van der Waals surface area contributed by atoms with E-state index >= 15 is 0 Å². The number of aryl methyl sites for hydroxylation is 1. The second-order valence-corrected chi connectivity index (χ2v) is 5.87. The van der Waals surface area contributed by atoms with Crippen LogP contribution in [0.3, 0.4) is 0 Å². The number of aliphatic hydroxyl groups excluding tert-OH is 1. The SMILES string of the molecule is COCC(C)OCC(O)CNC1CCc2ccccc2C1. The van der Waals surface area contributed by atoms with Gasteiger partial charge in [0.1, 0.15) is 0 Å². The predicted octanol–water partition coefficient (Wildman–Crippen LogP) is 1.55. The first-order valence-electron chi connectivity index (χ1n) is 7.77. The van der Waals surface area contributed by atoms with E-state index in [1.165, 1.54) is 11.1 Å². The van der Waals surface area contributed by atoms with Gasteiger partial charge < -0.3 is 19.9 Å². The molecule has 1 aliphatic carbocycles. The minimum atomic E-state index is -0.471. The molecule has 1 aromatic carbocycles. The van der Waals surface area contributed by atoms with E-state index in [4.69, 9.17) is 9.47 Å². The third-order valence-corrected chi connectivity index (χ3v) is 3.96. The minimum Gasteiger partial charge on any atom is -0.389 e. The van der Waals surface area contributed by atoms with E-state index in [-0.39, 0.29) is 6.10 Å². The highest BCUT2D eigenvalue weighted by Gasteiger charge is 2.18.